The van der Waals surface area contributed by atoms with Gasteiger partial charge in [0.05, 0.1) is 0 Å². The molecule has 96 valence electrons. The second-order valence-electron chi connectivity index (χ2n) is 4.24. The first-order valence-corrected chi connectivity index (χ1v) is 6.19. The normalized spacial score (nSPS) is 12.6. The minimum absolute atomic E-state index is 0.386. The summed E-state index contributed by atoms with van der Waals surface area (Å²) in [5.74, 6) is 1.40. The quantitative estimate of drug-likeness (QED) is 0.838. The van der Waals surface area contributed by atoms with Gasteiger partial charge < -0.3 is 9.84 Å². The van der Waals surface area contributed by atoms with Gasteiger partial charge in [0.1, 0.15) is 0 Å². The first-order chi connectivity index (χ1) is 8.81. The van der Waals surface area contributed by atoms with E-state index in [1.165, 1.54) is 0 Å². The molecule has 0 spiro atoms. The number of hydrogen-bond acceptors (Lipinski definition) is 5. The summed E-state index contributed by atoms with van der Waals surface area (Å²) in [5.41, 5.74) is 1.09. The van der Waals surface area contributed by atoms with Crippen LogP contribution >= 0.6 is 0 Å². The van der Waals surface area contributed by atoms with E-state index in [4.69, 9.17) is 4.52 Å². The SMILES string of the molecule is CCC(Cc1nc(Cc2cccnc2)no1)NC. The van der Waals surface area contributed by atoms with Gasteiger partial charge in [-0.3, -0.25) is 4.98 Å². The van der Waals surface area contributed by atoms with Gasteiger partial charge in [0, 0.05) is 31.3 Å². The number of likely N-dealkylation sites (N-methyl/N-ethyl adjacent to an activating group) is 1. The van der Waals surface area contributed by atoms with E-state index < -0.39 is 0 Å². The Bertz CT molecular complexity index is 465. The van der Waals surface area contributed by atoms with E-state index in [0.717, 1.165) is 18.4 Å². The number of rotatable bonds is 6. The lowest BCUT2D eigenvalue weighted by molar-refractivity contribution is 0.355. The van der Waals surface area contributed by atoms with E-state index in [9.17, 15) is 0 Å². The minimum Gasteiger partial charge on any atom is -0.339 e. The van der Waals surface area contributed by atoms with Gasteiger partial charge in [-0.1, -0.05) is 18.1 Å². The maximum Gasteiger partial charge on any atom is 0.228 e. The van der Waals surface area contributed by atoms with Gasteiger partial charge in [-0.05, 0) is 25.1 Å². The smallest absolute Gasteiger partial charge is 0.228 e. The molecule has 0 aliphatic carbocycles. The summed E-state index contributed by atoms with van der Waals surface area (Å²) in [6.07, 6.45) is 6.04. The van der Waals surface area contributed by atoms with Gasteiger partial charge >= 0.3 is 0 Å². The summed E-state index contributed by atoms with van der Waals surface area (Å²) >= 11 is 0. The Balaban J connectivity index is 1.98. The topological polar surface area (TPSA) is 63.8 Å². The Morgan fingerprint density at radius 1 is 1.44 bits per heavy atom. The zero-order valence-electron chi connectivity index (χ0n) is 10.8. The monoisotopic (exact) mass is 246 g/mol. The molecule has 2 aromatic rings. The van der Waals surface area contributed by atoms with Gasteiger partial charge in [-0.2, -0.15) is 4.98 Å². The summed E-state index contributed by atoms with van der Waals surface area (Å²) in [6, 6.07) is 4.30. The van der Waals surface area contributed by atoms with Crippen molar-refractivity contribution < 1.29 is 4.52 Å². The largest absolute Gasteiger partial charge is 0.339 e. The molecule has 1 unspecified atom stereocenters. The lowest BCUT2D eigenvalue weighted by atomic mass is 10.1. The van der Waals surface area contributed by atoms with E-state index >= 15 is 0 Å². The fourth-order valence-corrected chi connectivity index (χ4v) is 1.79. The molecule has 0 saturated carbocycles. The van der Waals surface area contributed by atoms with Crippen LogP contribution in [0.3, 0.4) is 0 Å². The summed E-state index contributed by atoms with van der Waals surface area (Å²) < 4.78 is 5.25. The molecule has 0 radical (unpaired) electrons. The second kappa shape index (κ2) is 6.26. The lowest BCUT2D eigenvalue weighted by Gasteiger charge is -2.09. The molecular weight excluding hydrogens is 228 g/mol. The predicted molar refractivity (Wildman–Crippen MR) is 68.2 cm³/mol. The standard InChI is InChI=1S/C13H18N4O/c1-3-11(14-2)8-13-16-12(17-18-13)7-10-5-4-6-15-9-10/h4-6,9,11,14H,3,7-8H2,1-2H3. The predicted octanol–water partition coefficient (Wildman–Crippen LogP) is 1.60. The maximum absolute atomic E-state index is 5.25. The van der Waals surface area contributed by atoms with E-state index in [1.807, 2.05) is 25.4 Å². The summed E-state index contributed by atoms with van der Waals surface area (Å²) in [5, 5.41) is 7.21. The van der Waals surface area contributed by atoms with Crippen LogP contribution in [0.1, 0.15) is 30.6 Å². The maximum atomic E-state index is 5.25. The minimum atomic E-state index is 0.386. The Hall–Kier alpha value is -1.75. The first kappa shape index (κ1) is 12.7. The highest BCUT2D eigenvalue weighted by Crippen LogP contribution is 2.07. The van der Waals surface area contributed by atoms with Crippen LogP contribution in [-0.2, 0) is 12.8 Å². The molecule has 1 atom stereocenters. The van der Waals surface area contributed by atoms with Crippen LogP contribution in [0.25, 0.3) is 0 Å². The fourth-order valence-electron chi connectivity index (χ4n) is 1.79. The number of aromatic nitrogens is 3. The van der Waals surface area contributed by atoms with Crippen molar-refractivity contribution in [3.05, 3.63) is 41.8 Å². The Kier molecular flexibility index (Phi) is 4.41. The van der Waals surface area contributed by atoms with Gasteiger partial charge in [0.2, 0.25) is 5.89 Å². The van der Waals surface area contributed by atoms with Gasteiger partial charge in [0.25, 0.3) is 0 Å². The Labute approximate surface area is 107 Å². The van der Waals surface area contributed by atoms with E-state index in [1.54, 1.807) is 6.20 Å². The van der Waals surface area contributed by atoms with Crippen LogP contribution in [0.5, 0.6) is 0 Å². The van der Waals surface area contributed by atoms with Crippen molar-refractivity contribution in [1.82, 2.24) is 20.4 Å². The molecule has 1 N–H and O–H groups in total. The second-order valence-corrected chi connectivity index (χ2v) is 4.24. The van der Waals surface area contributed by atoms with Crippen molar-refractivity contribution in [2.75, 3.05) is 7.05 Å². The van der Waals surface area contributed by atoms with Crippen molar-refractivity contribution >= 4 is 0 Å². The molecule has 5 nitrogen and oxygen atoms in total. The highest BCUT2D eigenvalue weighted by molar-refractivity contribution is 5.13. The highest BCUT2D eigenvalue weighted by atomic mass is 16.5. The van der Waals surface area contributed by atoms with Crippen LogP contribution in [0, 0.1) is 0 Å². The van der Waals surface area contributed by atoms with Crippen LogP contribution in [0.15, 0.2) is 29.0 Å². The molecule has 18 heavy (non-hydrogen) atoms. The molecule has 5 heteroatoms. The lowest BCUT2D eigenvalue weighted by Crippen LogP contribution is -2.26. The summed E-state index contributed by atoms with van der Waals surface area (Å²) in [7, 11) is 1.95. The third kappa shape index (κ3) is 3.37. The van der Waals surface area contributed by atoms with Crippen molar-refractivity contribution in [2.45, 2.75) is 32.2 Å². The first-order valence-electron chi connectivity index (χ1n) is 6.19. The molecule has 0 aliphatic rings. The van der Waals surface area contributed by atoms with Crippen LogP contribution in [-0.4, -0.2) is 28.2 Å². The number of nitrogens with one attached hydrogen (secondary N) is 1. The van der Waals surface area contributed by atoms with Crippen LogP contribution in [0.2, 0.25) is 0 Å². The molecule has 2 heterocycles. The average Bonchev–Trinajstić information content (AvgIpc) is 2.84. The summed E-state index contributed by atoms with van der Waals surface area (Å²) in [6.45, 7) is 2.13. The van der Waals surface area contributed by atoms with Gasteiger partial charge in [-0.15, -0.1) is 0 Å². The zero-order chi connectivity index (χ0) is 12.8. The molecular formula is C13H18N4O. The molecule has 0 saturated heterocycles. The Morgan fingerprint density at radius 2 is 2.33 bits per heavy atom. The van der Waals surface area contributed by atoms with Crippen molar-refractivity contribution in [1.29, 1.82) is 0 Å². The fraction of sp³-hybridized carbons (Fsp3) is 0.462. The van der Waals surface area contributed by atoms with E-state index in [-0.39, 0.29) is 0 Å². The molecule has 0 aliphatic heterocycles. The van der Waals surface area contributed by atoms with Crippen molar-refractivity contribution in [3.8, 4) is 0 Å². The van der Waals surface area contributed by atoms with Crippen LogP contribution in [0.4, 0.5) is 0 Å². The molecule has 2 aromatic heterocycles. The van der Waals surface area contributed by atoms with Gasteiger partial charge in [-0.25, -0.2) is 0 Å². The number of hydrogen-bond donors (Lipinski definition) is 1. The molecule has 0 amide bonds. The molecule has 0 bridgehead atoms. The van der Waals surface area contributed by atoms with E-state index in [0.29, 0.717) is 24.2 Å². The molecule has 2 rings (SSSR count). The number of nitrogens with zero attached hydrogens (tertiary/aromatic N) is 3. The molecule has 0 aromatic carbocycles. The molecule has 0 fully saturated rings. The average molecular weight is 246 g/mol. The Morgan fingerprint density at radius 3 is 3.00 bits per heavy atom. The highest BCUT2D eigenvalue weighted by Gasteiger charge is 2.11. The van der Waals surface area contributed by atoms with Gasteiger partial charge in [0.15, 0.2) is 5.82 Å². The third-order valence-electron chi connectivity index (χ3n) is 2.92. The number of pyridine rings is 1. The summed E-state index contributed by atoms with van der Waals surface area (Å²) in [4.78, 5) is 8.46. The third-order valence-corrected chi connectivity index (χ3v) is 2.92. The van der Waals surface area contributed by atoms with Crippen molar-refractivity contribution in [2.24, 2.45) is 0 Å². The van der Waals surface area contributed by atoms with Crippen molar-refractivity contribution in [3.63, 3.8) is 0 Å². The van der Waals surface area contributed by atoms with E-state index in [2.05, 4.69) is 27.4 Å². The van der Waals surface area contributed by atoms with Crippen LogP contribution < -0.4 is 5.32 Å². The zero-order valence-corrected chi connectivity index (χ0v) is 10.8.